The molecular formula is C21H34OSi2. The van der Waals surface area contributed by atoms with E-state index >= 15 is 0 Å². The summed E-state index contributed by atoms with van der Waals surface area (Å²) in [5.41, 5.74) is 0.231. The highest BCUT2D eigenvalue weighted by atomic mass is 28.4. The molecule has 0 spiro atoms. The molecule has 24 heavy (non-hydrogen) atoms. The Bertz CT molecular complexity index is 549. The zero-order chi connectivity index (χ0) is 17.4. The first-order valence-electron chi connectivity index (χ1n) is 9.71. The highest BCUT2D eigenvalue weighted by Crippen LogP contribution is 2.56. The van der Waals surface area contributed by atoms with Crippen LogP contribution in [-0.2, 0) is 4.43 Å². The first kappa shape index (κ1) is 18.4. The summed E-state index contributed by atoms with van der Waals surface area (Å²) in [5.74, 6) is 1.70. The van der Waals surface area contributed by atoms with Gasteiger partial charge >= 0.3 is 0 Å². The second-order valence-corrected chi connectivity index (χ2v) is 15.6. The second kappa shape index (κ2) is 6.73. The van der Waals surface area contributed by atoms with Crippen molar-refractivity contribution >= 4 is 23.0 Å². The third kappa shape index (κ3) is 3.73. The van der Waals surface area contributed by atoms with Crippen molar-refractivity contribution in [1.82, 2.24) is 0 Å². The average Bonchev–Trinajstić information content (AvgIpc) is 3.00. The molecule has 0 heterocycles. The molecule has 0 aliphatic heterocycles. The molecule has 2 aliphatic carbocycles. The predicted octanol–water partition coefficient (Wildman–Crippen LogP) is 5.41. The molecule has 2 saturated carbocycles. The van der Waals surface area contributed by atoms with Gasteiger partial charge in [-0.2, -0.15) is 0 Å². The Morgan fingerprint density at radius 3 is 2.58 bits per heavy atom. The van der Waals surface area contributed by atoms with Crippen molar-refractivity contribution in [3.05, 3.63) is 30.3 Å². The Hall–Kier alpha value is -0.386. The van der Waals surface area contributed by atoms with Crippen LogP contribution in [0, 0.1) is 11.8 Å². The summed E-state index contributed by atoms with van der Waals surface area (Å²) in [4.78, 5) is 0. The summed E-state index contributed by atoms with van der Waals surface area (Å²) < 4.78 is 7.10. The molecule has 3 rings (SSSR count). The molecule has 1 aromatic rings. The molecule has 2 radical (unpaired) electrons. The molecule has 1 nitrogen and oxygen atoms in total. The van der Waals surface area contributed by atoms with Crippen LogP contribution in [0.25, 0.3) is 0 Å². The van der Waals surface area contributed by atoms with Gasteiger partial charge in [-0.1, -0.05) is 68.8 Å². The van der Waals surface area contributed by atoms with E-state index in [1.54, 1.807) is 0 Å². The monoisotopic (exact) mass is 358 g/mol. The number of benzene rings is 1. The van der Waals surface area contributed by atoms with E-state index in [0.717, 1.165) is 21.4 Å². The number of fused-ring (bicyclic) bond motifs is 1. The number of hydrogen-bond acceptors (Lipinski definition) is 1. The lowest BCUT2D eigenvalue weighted by molar-refractivity contribution is 0.0340. The summed E-state index contributed by atoms with van der Waals surface area (Å²) in [7, 11) is -0.717. The average molecular weight is 359 g/mol. The molecule has 0 unspecified atom stereocenters. The molecule has 0 aromatic heterocycles. The van der Waals surface area contributed by atoms with Crippen LogP contribution in [-0.4, -0.2) is 23.4 Å². The first-order valence-corrected chi connectivity index (χ1v) is 13.8. The van der Waals surface area contributed by atoms with Crippen LogP contribution in [0.3, 0.4) is 0 Å². The van der Waals surface area contributed by atoms with Crippen molar-refractivity contribution in [2.45, 2.75) is 82.7 Å². The number of rotatable bonds is 5. The summed E-state index contributed by atoms with van der Waals surface area (Å²) in [5, 5.41) is 1.84. The topological polar surface area (TPSA) is 9.23 Å². The van der Waals surface area contributed by atoms with E-state index < -0.39 is 8.32 Å². The third-order valence-corrected chi connectivity index (χ3v) is 12.8. The van der Waals surface area contributed by atoms with Crippen LogP contribution in [0.1, 0.15) is 52.9 Å². The number of hydrogen-bond donors (Lipinski definition) is 0. The second-order valence-electron chi connectivity index (χ2n) is 9.57. The van der Waals surface area contributed by atoms with Gasteiger partial charge in [0.25, 0.3) is 0 Å². The maximum atomic E-state index is 7.10. The molecule has 0 N–H and O–H groups in total. The Morgan fingerprint density at radius 2 is 1.92 bits per heavy atom. The maximum absolute atomic E-state index is 7.10. The first-order chi connectivity index (χ1) is 11.2. The van der Waals surface area contributed by atoms with Crippen molar-refractivity contribution in [1.29, 1.82) is 0 Å². The quantitative estimate of drug-likeness (QED) is 0.640. The van der Waals surface area contributed by atoms with E-state index in [4.69, 9.17) is 4.43 Å². The molecule has 0 saturated heterocycles. The van der Waals surface area contributed by atoms with Crippen LogP contribution in [0.4, 0.5) is 0 Å². The Kier molecular flexibility index (Phi) is 5.16. The minimum atomic E-state index is -1.68. The largest absolute Gasteiger partial charge is 0.411 e. The zero-order valence-corrected chi connectivity index (χ0v) is 18.2. The predicted molar refractivity (Wildman–Crippen MR) is 108 cm³/mol. The van der Waals surface area contributed by atoms with Crippen molar-refractivity contribution < 1.29 is 4.43 Å². The van der Waals surface area contributed by atoms with Crippen molar-refractivity contribution in [2.24, 2.45) is 11.8 Å². The van der Waals surface area contributed by atoms with Gasteiger partial charge in [0.2, 0.25) is 0 Å². The summed E-state index contributed by atoms with van der Waals surface area (Å²) in [6.45, 7) is 12.0. The van der Waals surface area contributed by atoms with Crippen LogP contribution < -0.4 is 5.19 Å². The van der Waals surface area contributed by atoms with E-state index in [2.05, 4.69) is 64.2 Å². The normalized spacial score (nSPS) is 30.5. The van der Waals surface area contributed by atoms with Crippen molar-refractivity contribution in [3.8, 4) is 0 Å². The van der Waals surface area contributed by atoms with E-state index in [9.17, 15) is 0 Å². The van der Waals surface area contributed by atoms with Gasteiger partial charge in [-0.15, -0.1) is 0 Å². The summed E-state index contributed by atoms with van der Waals surface area (Å²) in [6, 6.07) is 12.4. The third-order valence-electron chi connectivity index (χ3n) is 6.78. The van der Waals surface area contributed by atoms with Crippen molar-refractivity contribution in [3.63, 3.8) is 0 Å². The molecule has 0 amide bonds. The van der Waals surface area contributed by atoms with E-state index in [-0.39, 0.29) is 5.60 Å². The maximum Gasteiger partial charge on any atom is 0.192 e. The molecule has 1 aromatic carbocycles. The van der Waals surface area contributed by atoms with Gasteiger partial charge in [0.1, 0.15) is 0 Å². The molecule has 132 valence electrons. The Labute approximate surface area is 152 Å². The van der Waals surface area contributed by atoms with Gasteiger partial charge in [0.05, 0.1) is 15.1 Å². The lowest BCUT2D eigenvalue weighted by Crippen LogP contribution is -2.50. The molecule has 2 fully saturated rings. The van der Waals surface area contributed by atoms with E-state index in [0.29, 0.717) is 5.04 Å². The van der Waals surface area contributed by atoms with Gasteiger partial charge in [-0.25, -0.2) is 0 Å². The SMILES string of the molecule is CC(C)(C)[Si](C)(C)O[C@@]12CCC[C@H]1C[C@H](C[Si]c1ccccc1)C2. The highest BCUT2D eigenvalue weighted by Gasteiger charge is 2.54. The lowest BCUT2D eigenvalue weighted by Gasteiger charge is -2.45. The smallest absolute Gasteiger partial charge is 0.192 e. The van der Waals surface area contributed by atoms with Gasteiger partial charge in [0, 0.05) is 0 Å². The fourth-order valence-electron chi connectivity index (χ4n) is 4.50. The van der Waals surface area contributed by atoms with Crippen LogP contribution in [0.5, 0.6) is 0 Å². The standard InChI is InChI=1S/C21H34OSi2/c1-20(2,3)24(4,5)22-21-13-9-10-18(21)14-17(15-21)16-23-19-11-7-6-8-12-19/h6-8,11-12,17-18H,9-10,13-16H2,1-5H3/t17-,18-,21+/m0/s1. The zero-order valence-electron chi connectivity index (χ0n) is 16.2. The van der Waals surface area contributed by atoms with E-state index in [1.807, 2.05) is 0 Å². The lowest BCUT2D eigenvalue weighted by atomic mass is 9.95. The van der Waals surface area contributed by atoms with E-state index in [1.165, 1.54) is 43.3 Å². The Balaban J connectivity index is 1.65. The van der Waals surface area contributed by atoms with Gasteiger partial charge in [-0.05, 0) is 55.7 Å². The molecular weight excluding hydrogens is 324 g/mol. The van der Waals surface area contributed by atoms with Crippen LogP contribution >= 0.6 is 0 Å². The minimum absolute atomic E-state index is 0.231. The van der Waals surface area contributed by atoms with Crippen LogP contribution in [0.15, 0.2) is 30.3 Å². The van der Waals surface area contributed by atoms with Crippen molar-refractivity contribution in [2.75, 3.05) is 0 Å². The van der Waals surface area contributed by atoms with Gasteiger partial charge < -0.3 is 4.43 Å². The molecule has 0 bridgehead atoms. The summed E-state index contributed by atoms with van der Waals surface area (Å²) in [6.07, 6.45) is 6.83. The van der Waals surface area contributed by atoms with Crippen LogP contribution in [0.2, 0.25) is 24.2 Å². The molecule has 3 heteroatoms. The van der Waals surface area contributed by atoms with Gasteiger partial charge in [-0.3, -0.25) is 0 Å². The highest BCUT2D eigenvalue weighted by molar-refractivity contribution is 6.74. The fraction of sp³-hybridized carbons (Fsp3) is 0.714. The Morgan fingerprint density at radius 1 is 1.21 bits per heavy atom. The molecule has 2 aliphatic rings. The fourth-order valence-corrected chi connectivity index (χ4v) is 7.44. The van der Waals surface area contributed by atoms with Gasteiger partial charge in [0.15, 0.2) is 8.32 Å². The molecule has 3 atom stereocenters. The minimum Gasteiger partial charge on any atom is -0.411 e. The summed E-state index contributed by atoms with van der Waals surface area (Å²) >= 11 is 0.